The molecular formula is C17H30N2O2. The van der Waals surface area contributed by atoms with E-state index in [4.69, 9.17) is 15.2 Å². The van der Waals surface area contributed by atoms with Gasteiger partial charge in [0.05, 0.1) is 13.2 Å². The van der Waals surface area contributed by atoms with Crippen LogP contribution >= 0.6 is 0 Å². The molecule has 0 bridgehead atoms. The minimum atomic E-state index is 0.0282. The molecule has 0 heterocycles. The molecule has 1 aromatic rings. The maximum Gasteiger partial charge on any atom is 0.161 e. The fraction of sp³-hybridized carbons (Fsp3) is 0.647. The lowest BCUT2D eigenvalue weighted by Gasteiger charge is -2.21. The second kappa shape index (κ2) is 9.64. The normalized spacial score (nSPS) is 12.5. The van der Waals surface area contributed by atoms with Gasteiger partial charge < -0.3 is 20.1 Å². The van der Waals surface area contributed by atoms with Crippen molar-refractivity contribution in [2.45, 2.75) is 40.2 Å². The summed E-state index contributed by atoms with van der Waals surface area (Å²) < 4.78 is 11.2. The molecule has 21 heavy (non-hydrogen) atoms. The maximum absolute atomic E-state index is 6.32. The van der Waals surface area contributed by atoms with Crippen LogP contribution in [0.5, 0.6) is 11.5 Å². The summed E-state index contributed by atoms with van der Waals surface area (Å²) >= 11 is 0. The van der Waals surface area contributed by atoms with Crippen LogP contribution in [-0.2, 0) is 0 Å². The average molecular weight is 294 g/mol. The Morgan fingerprint density at radius 1 is 1.00 bits per heavy atom. The summed E-state index contributed by atoms with van der Waals surface area (Å²) in [5, 5.41) is 0. The second-order valence-corrected chi connectivity index (χ2v) is 4.99. The predicted octanol–water partition coefficient (Wildman–Crippen LogP) is 3.22. The van der Waals surface area contributed by atoms with Gasteiger partial charge in [-0.15, -0.1) is 0 Å². The van der Waals surface area contributed by atoms with Crippen molar-refractivity contribution in [3.63, 3.8) is 0 Å². The Bertz CT molecular complexity index is 406. The minimum Gasteiger partial charge on any atom is -0.490 e. The van der Waals surface area contributed by atoms with E-state index < -0.39 is 0 Å². The zero-order valence-corrected chi connectivity index (χ0v) is 13.9. The van der Waals surface area contributed by atoms with E-state index in [0.717, 1.165) is 43.1 Å². The Morgan fingerprint density at radius 3 is 2.19 bits per heavy atom. The van der Waals surface area contributed by atoms with E-state index in [-0.39, 0.29) is 6.04 Å². The molecule has 0 aliphatic heterocycles. The predicted molar refractivity (Wildman–Crippen MR) is 88.1 cm³/mol. The molecule has 0 fully saturated rings. The highest BCUT2D eigenvalue weighted by Gasteiger charge is 2.12. The van der Waals surface area contributed by atoms with Gasteiger partial charge in [0.25, 0.3) is 0 Å². The molecule has 2 N–H and O–H groups in total. The maximum atomic E-state index is 6.32. The van der Waals surface area contributed by atoms with Crippen LogP contribution in [0.3, 0.4) is 0 Å². The first-order chi connectivity index (χ1) is 10.2. The molecule has 0 aliphatic rings. The van der Waals surface area contributed by atoms with E-state index in [9.17, 15) is 0 Å². The summed E-state index contributed by atoms with van der Waals surface area (Å²) in [6, 6.07) is 6.04. The highest BCUT2D eigenvalue weighted by molar-refractivity contribution is 5.43. The molecular weight excluding hydrogens is 264 g/mol. The van der Waals surface area contributed by atoms with Gasteiger partial charge >= 0.3 is 0 Å². The molecule has 1 aromatic carbocycles. The summed E-state index contributed by atoms with van der Waals surface area (Å²) in [6.07, 6.45) is 0.946. The van der Waals surface area contributed by atoms with Crippen molar-refractivity contribution >= 4 is 0 Å². The first-order valence-corrected chi connectivity index (χ1v) is 8.03. The van der Waals surface area contributed by atoms with Gasteiger partial charge in [-0.05, 0) is 57.6 Å². The summed E-state index contributed by atoms with van der Waals surface area (Å²) in [5.41, 5.74) is 7.42. The van der Waals surface area contributed by atoms with Crippen LogP contribution in [0, 0.1) is 0 Å². The molecule has 0 saturated carbocycles. The molecule has 1 atom stereocenters. The zero-order chi connectivity index (χ0) is 15.7. The fourth-order valence-electron chi connectivity index (χ4n) is 2.33. The first-order valence-electron chi connectivity index (χ1n) is 8.03. The molecule has 1 unspecified atom stereocenters. The number of rotatable bonds is 10. The third-order valence-electron chi connectivity index (χ3n) is 3.65. The van der Waals surface area contributed by atoms with Crippen LogP contribution in [0.1, 0.15) is 45.7 Å². The fourth-order valence-corrected chi connectivity index (χ4v) is 2.33. The van der Waals surface area contributed by atoms with Crippen molar-refractivity contribution in [1.82, 2.24) is 4.90 Å². The van der Waals surface area contributed by atoms with Crippen molar-refractivity contribution in [2.75, 3.05) is 32.8 Å². The Morgan fingerprint density at radius 2 is 1.62 bits per heavy atom. The molecule has 4 heteroatoms. The number of hydrogen-bond acceptors (Lipinski definition) is 4. The van der Waals surface area contributed by atoms with Gasteiger partial charge in [0.15, 0.2) is 11.5 Å². The van der Waals surface area contributed by atoms with Crippen LogP contribution in [0.25, 0.3) is 0 Å². The Balaban J connectivity index is 2.75. The summed E-state index contributed by atoms with van der Waals surface area (Å²) in [4.78, 5) is 2.39. The number of ether oxygens (including phenoxy) is 2. The van der Waals surface area contributed by atoms with Gasteiger partial charge in [-0.2, -0.15) is 0 Å². The van der Waals surface area contributed by atoms with Crippen LogP contribution in [0.4, 0.5) is 0 Å². The van der Waals surface area contributed by atoms with E-state index in [0.29, 0.717) is 13.2 Å². The molecule has 0 spiro atoms. The van der Waals surface area contributed by atoms with Gasteiger partial charge in [0.1, 0.15) is 0 Å². The van der Waals surface area contributed by atoms with Crippen molar-refractivity contribution in [2.24, 2.45) is 5.73 Å². The molecule has 0 aliphatic carbocycles. The summed E-state index contributed by atoms with van der Waals surface area (Å²) in [5.74, 6) is 1.58. The van der Waals surface area contributed by atoms with Gasteiger partial charge in [-0.3, -0.25) is 0 Å². The minimum absolute atomic E-state index is 0.0282. The van der Waals surface area contributed by atoms with Crippen molar-refractivity contribution in [3.05, 3.63) is 23.8 Å². The van der Waals surface area contributed by atoms with Crippen molar-refractivity contribution in [3.8, 4) is 11.5 Å². The van der Waals surface area contributed by atoms with E-state index in [1.54, 1.807) is 0 Å². The van der Waals surface area contributed by atoms with Gasteiger partial charge in [-0.25, -0.2) is 0 Å². The van der Waals surface area contributed by atoms with Crippen LogP contribution in [0.2, 0.25) is 0 Å². The lowest BCUT2D eigenvalue weighted by atomic mass is 10.0. The molecule has 0 radical (unpaired) electrons. The lowest BCUT2D eigenvalue weighted by molar-refractivity contribution is 0.284. The van der Waals surface area contributed by atoms with E-state index in [2.05, 4.69) is 18.7 Å². The third-order valence-corrected chi connectivity index (χ3v) is 3.65. The largest absolute Gasteiger partial charge is 0.490 e. The third kappa shape index (κ3) is 5.56. The van der Waals surface area contributed by atoms with E-state index >= 15 is 0 Å². The summed E-state index contributed by atoms with van der Waals surface area (Å²) in [7, 11) is 0. The van der Waals surface area contributed by atoms with Crippen LogP contribution < -0.4 is 15.2 Å². The van der Waals surface area contributed by atoms with E-state index in [1.807, 2.05) is 32.0 Å². The number of nitrogens with zero attached hydrogens (tertiary/aromatic N) is 1. The standard InChI is InChI=1S/C17H30N2O2/c1-5-19(6-2)12-11-15(18)14-9-10-16(20-7-3)17(13-14)21-8-4/h9-10,13,15H,5-8,11-12,18H2,1-4H3. The van der Waals surface area contributed by atoms with Crippen molar-refractivity contribution in [1.29, 1.82) is 0 Å². The Kier molecular flexibility index (Phi) is 8.16. The number of benzene rings is 1. The van der Waals surface area contributed by atoms with Crippen LogP contribution in [-0.4, -0.2) is 37.7 Å². The zero-order valence-electron chi connectivity index (χ0n) is 13.9. The number of hydrogen-bond donors (Lipinski definition) is 1. The topological polar surface area (TPSA) is 47.7 Å². The quantitative estimate of drug-likeness (QED) is 0.720. The van der Waals surface area contributed by atoms with Gasteiger partial charge in [0, 0.05) is 6.04 Å². The molecule has 1 rings (SSSR count). The number of nitrogens with two attached hydrogens (primary N) is 1. The second-order valence-electron chi connectivity index (χ2n) is 4.99. The molecule has 120 valence electrons. The van der Waals surface area contributed by atoms with Gasteiger partial charge in [0.2, 0.25) is 0 Å². The molecule has 0 amide bonds. The molecule has 0 aromatic heterocycles. The monoisotopic (exact) mass is 294 g/mol. The highest BCUT2D eigenvalue weighted by Crippen LogP contribution is 2.31. The molecule has 4 nitrogen and oxygen atoms in total. The highest BCUT2D eigenvalue weighted by atomic mass is 16.5. The summed E-state index contributed by atoms with van der Waals surface area (Å²) in [6.45, 7) is 12.7. The Hall–Kier alpha value is -1.26. The first kappa shape index (κ1) is 17.8. The SMILES string of the molecule is CCOc1ccc(C(N)CCN(CC)CC)cc1OCC. The van der Waals surface area contributed by atoms with E-state index in [1.165, 1.54) is 0 Å². The Labute approximate surface area is 129 Å². The van der Waals surface area contributed by atoms with Gasteiger partial charge in [-0.1, -0.05) is 19.9 Å². The lowest BCUT2D eigenvalue weighted by Crippen LogP contribution is -2.27. The average Bonchev–Trinajstić information content (AvgIpc) is 2.50. The molecule has 0 saturated heterocycles. The van der Waals surface area contributed by atoms with Crippen LogP contribution in [0.15, 0.2) is 18.2 Å². The smallest absolute Gasteiger partial charge is 0.161 e. The van der Waals surface area contributed by atoms with Crippen molar-refractivity contribution < 1.29 is 9.47 Å².